The Hall–Kier alpha value is -1.35. The largest absolute Gasteiger partial charge is 0.496 e. The molecule has 20 heavy (non-hydrogen) atoms. The van der Waals surface area contributed by atoms with Gasteiger partial charge in [0.1, 0.15) is 11.8 Å². The normalized spacial score (nSPS) is 11.6. The van der Waals surface area contributed by atoms with E-state index in [1.54, 1.807) is 7.11 Å². The second-order valence-corrected chi connectivity index (χ2v) is 5.06. The highest BCUT2D eigenvalue weighted by molar-refractivity contribution is 14.1. The molecule has 1 unspecified atom stereocenters. The fourth-order valence-electron chi connectivity index (χ4n) is 1.68. The van der Waals surface area contributed by atoms with Crippen molar-refractivity contribution in [2.45, 2.75) is 12.5 Å². The second kappa shape index (κ2) is 8.05. The van der Waals surface area contributed by atoms with Crippen molar-refractivity contribution in [1.82, 2.24) is 5.32 Å². The monoisotopic (exact) mass is 392 g/mol. The van der Waals surface area contributed by atoms with E-state index in [0.29, 0.717) is 6.42 Å². The summed E-state index contributed by atoms with van der Waals surface area (Å²) in [5, 5.41) is 2.55. The highest BCUT2D eigenvalue weighted by atomic mass is 127. The van der Waals surface area contributed by atoms with Crippen molar-refractivity contribution in [2.75, 3.05) is 20.8 Å². The number of hydrogen-bond donors (Lipinski definition) is 2. The molecule has 3 N–H and O–H groups in total. The Labute approximate surface area is 131 Å². The van der Waals surface area contributed by atoms with E-state index in [2.05, 4.69) is 27.9 Å². The molecule has 0 heterocycles. The van der Waals surface area contributed by atoms with Crippen LogP contribution in [0.25, 0.3) is 0 Å². The minimum atomic E-state index is -0.767. The highest BCUT2D eigenvalue weighted by Gasteiger charge is 2.23. The first-order valence-electron chi connectivity index (χ1n) is 5.92. The number of benzene rings is 1. The first kappa shape index (κ1) is 16.7. The molecule has 0 saturated heterocycles. The zero-order chi connectivity index (χ0) is 15.1. The summed E-state index contributed by atoms with van der Waals surface area (Å²) in [5.74, 6) is -0.194. The topological polar surface area (TPSA) is 90.6 Å². The summed E-state index contributed by atoms with van der Waals surface area (Å²) in [7, 11) is 2.86. The van der Waals surface area contributed by atoms with Crippen molar-refractivity contribution < 1.29 is 19.1 Å². The highest BCUT2D eigenvalue weighted by Crippen LogP contribution is 2.25. The van der Waals surface area contributed by atoms with Gasteiger partial charge >= 0.3 is 5.97 Å². The number of hydrogen-bond acceptors (Lipinski definition) is 5. The van der Waals surface area contributed by atoms with Crippen LogP contribution < -0.4 is 15.8 Å². The molecule has 6 nitrogen and oxygen atoms in total. The molecule has 1 rings (SSSR count). The second-order valence-electron chi connectivity index (χ2n) is 3.98. The van der Waals surface area contributed by atoms with Gasteiger partial charge in [0.15, 0.2) is 0 Å². The van der Waals surface area contributed by atoms with Gasteiger partial charge in [-0.2, -0.15) is 0 Å². The van der Waals surface area contributed by atoms with Crippen molar-refractivity contribution in [3.05, 3.63) is 27.3 Å². The van der Waals surface area contributed by atoms with Gasteiger partial charge in [0.05, 0.1) is 24.3 Å². The Morgan fingerprint density at radius 2 is 2.10 bits per heavy atom. The molecule has 1 amide bonds. The molecule has 1 atom stereocenters. The number of methoxy groups -OCH3 is 2. The van der Waals surface area contributed by atoms with Crippen molar-refractivity contribution >= 4 is 34.5 Å². The molecular weight excluding hydrogens is 375 g/mol. The summed E-state index contributed by atoms with van der Waals surface area (Å²) in [5.41, 5.74) is 6.13. The van der Waals surface area contributed by atoms with E-state index >= 15 is 0 Å². The molecule has 0 spiro atoms. The first-order chi connectivity index (χ1) is 9.53. The lowest BCUT2D eigenvalue weighted by atomic mass is 10.1. The molecule has 0 fully saturated rings. The van der Waals surface area contributed by atoms with Crippen molar-refractivity contribution in [1.29, 1.82) is 0 Å². The van der Waals surface area contributed by atoms with E-state index in [1.807, 2.05) is 18.2 Å². The molecule has 0 aliphatic heterocycles. The maximum atomic E-state index is 11.7. The molecule has 0 bridgehead atoms. The van der Waals surface area contributed by atoms with Crippen LogP contribution in [0.3, 0.4) is 0 Å². The summed E-state index contributed by atoms with van der Waals surface area (Å²) in [6, 6.07) is 4.76. The Morgan fingerprint density at radius 1 is 1.40 bits per heavy atom. The van der Waals surface area contributed by atoms with E-state index in [1.165, 1.54) is 7.11 Å². The number of amides is 1. The SMILES string of the molecule is COC(=O)C(Cc1cccc(OC)c1I)NC(=O)CN. The number of rotatable bonds is 6. The van der Waals surface area contributed by atoms with Gasteiger partial charge in [-0.3, -0.25) is 4.79 Å². The van der Waals surface area contributed by atoms with Crippen LogP contribution >= 0.6 is 22.6 Å². The zero-order valence-corrected chi connectivity index (χ0v) is 13.5. The van der Waals surface area contributed by atoms with E-state index in [9.17, 15) is 9.59 Å². The van der Waals surface area contributed by atoms with Crippen molar-refractivity contribution in [3.63, 3.8) is 0 Å². The summed E-state index contributed by atoms with van der Waals surface area (Å²) in [4.78, 5) is 23.1. The van der Waals surface area contributed by atoms with Crippen LogP contribution in [0.5, 0.6) is 5.75 Å². The number of halogens is 1. The summed E-state index contributed by atoms with van der Waals surface area (Å²) in [6.45, 7) is -0.178. The molecule has 1 aromatic carbocycles. The Balaban J connectivity index is 2.94. The van der Waals surface area contributed by atoms with Crippen LogP contribution in [0.15, 0.2) is 18.2 Å². The summed E-state index contributed by atoms with van der Waals surface area (Å²) >= 11 is 2.14. The minimum Gasteiger partial charge on any atom is -0.496 e. The van der Waals surface area contributed by atoms with Crippen molar-refractivity contribution in [2.24, 2.45) is 5.73 Å². The number of carbonyl (C=O) groups is 2. The average Bonchev–Trinajstić information content (AvgIpc) is 2.47. The van der Waals surface area contributed by atoms with Crippen LogP contribution in [-0.4, -0.2) is 38.7 Å². The number of ether oxygens (including phenoxy) is 2. The van der Waals surface area contributed by atoms with Gasteiger partial charge in [0.25, 0.3) is 0 Å². The van der Waals surface area contributed by atoms with Crippen LogP contribution in [0, 0.1) is 3.57 Å². The first-order valence-corrected chi connectivity index (χ1v) is 7.00. The molecule has 1 aromatic rings. The predicted octanol–water partition coefficient (Wildman–Crippen LogP) is 0.459. The van der Waals surface area contributed by atoms with Gasteiger partial charge in [-0.05, 0) is 34.2 Å². The fraction of sp³-hybridized carbons (Fsp3) is 0.385. The number of nitrogens with one attached hydrogen (secondary N) is 1. The maximum absolute atomic E-state index is 11.7. The number of nitrogens with two attached hydrogens (primary N) is 1. The molecule has 7 heteroatoms. The third kappa shape index (κ3) is 4.34. The molecule has 0 radical (unpaired) electrons. The third-order valence-corrected chi connectivity index (χ3v) is 3.92. The fourth-order valence-corrected chi connectivity index (χ4v) is 2.48. The smallest absolute Gasteiger partial charge is 0.328 e. The van der Waals surface area contributed by atoms with E-state index in [4.69, 9.17) is 15.2 Å². The Morgan fingerprint density at radius 3 is 2.65 bits per heavy atom. The lowest BCUT2D eigenvalue weighted by molar-refractivity contribution is -0.144. The maximum Gasteiger partial charge on any atom is 0.328 e. The van der Waals surface area contributed by atoms with Gasteiger partial charge in [0.2, 0.25) is 5.91 Å². The Bertz CT molecular complexity index is 493. The van der Waals surface area contributed by atoms with Crippen LogP contribution in [-0.2, 0) is 20.7 Å². The quantitative estimate of drug-likeness (QED) is 0.542. The van der Waals surface area contributed by atoms with Gasteiger partial charge in [-0.1, -0.05) is 12.1 Å². The van der Waals surface area contributed by atoms with E-state index < -0.39 is 17.9 Å². The van der Waals surface area contributed by atoms with Gasteiger partial charge in [-0.25, -0.2) is 4.79 Å². The summed E-state index contributed by atoms with van der Waals surface area (Å²) in [6.07, 6.45) is 0.313. The van der Waals surface area contributed by atoms with Crippen LogP contribution in [0.1, 0.15) is 5.56 Å². The minimum absolute atomic E-state index is 0.178. The Kier molecular flexibility index (Phi) is 6.73. The predicted molar refractivity (Wildman–Crippen MR) is 82.4 cm³/mol. The van der Waals surface area contributed by atoms with Crippen molar-refractivity contribution in [3.8, 4) is 5.75 Å². The van der Waals surface area contributed by atoms with Gasteiger partial charge in [-0.15, -0.1) is 0 Å². The zero-order valence-electron chi connectivity index (χ0n) is 11.3. The standard InChI is InChI=1S/C13H17IN2O4/c1-19-10-5-3-4-8(12(10)14)6-9(13(18)20-2)16-11(17)7-15/h3-5,9H,6-7,15H2,1-2H3,(H,16,17). The van der Waals surface area contributed by atoms with E-state index in [-0.39, 0.29) is 6.54 Å². The molecule has 0 aliphatic rings. The lowest BCUT2D eigenvalue weighted by Crippen LogP contribution is -2.45. The molecule has 110 valence electrons. The van der Waals surface area contributed by atoms with Gasteiger partial charge < -0.3 is 20.5 Å². The number of carbonyl (C=O) groups excluding carboxylic acids is 2. The molecule has 0 aromatic heterocycles. The number of esters is 1. The van der Waals surface area contributed by atoms with E-state index in [0.717, 1.165) is 14.9 Å². The molecule has 0 saturated carbocycles. The summed E-state index contributed by atoms with van der Waals surface area (Å²) < 4.78 is 10.8. The third-order valence-electron chi connectivity index (χ3n) is 2.69. The molecular formula is C13H17IN2O4. The average molecular weight is 392 g/mol. The van der Waals surface area contributed by atoms with Crippen LogP contribution in [0.4, 0.5) is 0 Å². The molecule has 0 aliphatic carbocycles. The van der Waals surface area contributed by atoms with Gasteiger partial charge in [0, 0.05) is 6.42 Å². The lowest BCUT2D eigenvalue weighted by Gasteiger charge is -2.17. The van der Waals surface area contributed by atoms with Crippen LogP contribution in [0.2, 0.25) is 0 Å².